The van der Waals surface area contributed by atoms with E-state index in [4.69, 9.17) is 4.74 Å². The molecule has 96 valence electrons. The van der Waals surface area contributed by atoms with Crippen molar-refractivity contribution in [2.45, 2.75) is 83.3 Å². The SMILES string of the molecule is CCCCCCC(C)OC1CC(Br)C1(C)C. The van der Waals surface area contributed by atoms with Crippen molar-refractivity contribution in [1.29, 1.82) is 0 Å². The van der Waals surface area contributed by atoms with Crippen LogP contribution in [0.25, 0.3) is 0 Å². The lowest BCUT2D eigenvalue weighted by molar-refractivity contribution is -0.118. The molecule has 16 heavy (non-hydrogen) atoms. The third-order valence-electron chi connectivity index (χ3n) is 3.92. The summed E-state index contributed by atoms with van der Waals surface area (Å²) < 4.78 is 6.12. The Bertz CT molecular complexity index is 203. The van der Waals surface area contributed by atoms with Crippen LogP contribution in [-0.2, 0) is 4.74 Å². The molecule has 1 fully saturated rings. The fourth-order valence-corrected chi connectivity index (χ4v) is 2.91. The zero-order chi connectivity index (χ0) is 12.2. The Morgan fingerprint density at radius 2 is 2.00 bits per heavy atom. The second kappa shape index (κ2) is 6.39. The lowest BCUT2D eigenvalue weighted by Crippen LogP contribution is -2.52. The van der Waals surface area contributed by atoms with E-state index in [1.165, 1.54) is 38.5 Å². The van der Waals surface area contributed by atoms with Gasteiger partial charge in [-0.25, -0.2) is 0 Å². The quantitative estimate of drug-likeness (QED) is 0.477. The summed E-state index contributed by atoms with van der Waals surface area (Å²) in [6, 6.07) is 0. The van der Waals surface area contributed by atoms with Crippen LogP contribution >= 0.6 is 15.9 Å². The first-order valence-corrected chi connectivity index (χ1v) is 7.69. The second-order valence-electron chi connectivity index (χ2n) is 5.81. The summed E-state index contributed by atoms with van der Waals surface area (Å²) in [5, 5.41) is 0. The summed E-state index contributed by atoms with van der Waals surface area (Å²) in [6.07, 6.45) is 8.64. The molecule has 0 N–H and O–H groups in total. The maximum Gasteiger partial charge on any atom is 0.0651 e. The minimum Gasteiger partial charge on any atom is -0.375 e. The Labute approximate surface area is 109 Å². The van der Waals surface area contributed by atoms with Crippen molar-refractivity contribution in [3.63, 3.8) is 0 Å². The van der Waals surface area contributed by atoms with Crippen LogP contribution in [0, 0.1) is 5.41 Å². The fourth-order valence-electron chi connectivity index (χ4n) is 2.27. The van der Waals surface area contributed by atoms with Gasteiger partial charge in [0.15, 0.2) is 0 Å². The number of unbranched alkanes of at least 4 members (excludes halogenated alkanes) is 3. The molecule has 1 nitrogen and oxygen atoms in total. The molecule has 0 bridgehead atoms. The van der Waals surface area contributed by atoms with Crippen LogP contribution in [0.1, 0.15) is 66.2 Å². The van der Waals surface area contributed by atoms with Crippen molar-refractivity contribution in [2.24, 2.45) is 5.41 Å². The summed E-state index contributed by atoms with van der Waals surface area (Å²) in [4.78, 5) is 0.636. The predicted octanol–water partition coefficient (Wildman–Crippen LogP) is 4.92. The van der Waals surface area contributed by atoms with Gasteiger partial charge in [0, 0.05) is 10.2 Å². The number of hydrogen-bond acceptors (Lipinski definition) is 1. The van der Waals surface area contributed by atoms with Crippen LogP contribution in [0.5, 0.6) is 0 Å². The van der Waals surface area contributed by atoms with Crippen LogP contribution < -0.4 is 0 Å². The summed E-state index contributed by atoms with van der Waals surface area (Å²) >= 11 is 3.71. The molecule has 0 saturated heterocycles. The molecule has 1 aliphatic rings. The van der Waals surface area contributed by atoms with E-state index in [-0.39, 0.29) is 0 Å². The number of ether oxygens (including phenoxy) is 1. The van der Waals surface area contributed by atoms with E-state index in [1.807, 2.05) is 0 Å². The van der Waals surface area contributed by atoms with E-state index in [0.717, 1.165) is 0 Å². The Morgan fingerprint density at radius 1 is 1.31 bits per heavy atom. The van der Waals surface area contributed by atoms with Crippen molar-refractivity contribution in [3.8, 4) is 0 Å². The number of rotatable bonds is 7. The van der Waals surface area contributed by atoms with E-state index in [1.54, 1.807) is 0 Å². The average molecular weight is 291 g/mol. The average Bonchev–Trinajstić information content (AvgIpc) is 2.24. The third-order valence-corrected chi connectivity index (χ3v) is 5.47. The van der Waals surface area contributed by atoms with E-state index in [9.17, 15) is 0 Å². The van der Waals surface area contributed by atoms with E-state index in [0.29, 0.717) is 22.5 Å². The van der Waals surface area contributed by atoms with Crippen molar-refractivity contribution < 1.29 is 4.74 Å². The van der Waals surface area contributed by atoms with Crippen LogP contribution in [0.2, 0.25) is 0 Å². The summed E-state index contributed by atoms with van der Waals surface area (Å²) in [7, 11) is 0. The highest BCUT2D eigenvalue weighted by molar-refractivity contribution is 9.09. The standard InChI is InChI=1S/C14H27BrO/c1-5-6-7-8-9-11(2)16-13-10-12(15)14(13,3)4/h11-13H,5-10H2,1-4H3. The van der Waals surface area contributed by atoms with Crippen molar-refractivity contribution in [1.82, 2.24) is 0 Å². The van der Waals surface area contributed by atoms with Gasteiger partial charge in [0.1, 0.15) is 0 Å². The van der Waals surface area contributed by atoms with Gasteiger partial charge in [-0.15, -0.1) is 0 Å². The Hall–Kier alpha value is 0.440. The lowest BCUT2D eigenvalue weighted by Gasteiger charge is -2.49. The molecule has 0 aromatic heterocycles. The van der Waals surface area contributed by atoms with Gasteiger partial charge in [0.2, 0.25) is 0 Å². The van der Waals surface area contributed by atoms with Crippen molar-refractivity contribution in [3.05, 3.63) is 0 Å². The van der Waals surface area contributed by atoms with Gasteiger partial charge >= 0.3 is 0 Å². The molecule has 0 aromatic rings. The molecule has 0 heterocycles. The molecule has 0 radical (unpaired) electrons. The van der Waals surface area contributed by atoms with Gasteiger partial charge < -0.3 is 4.74 Å². The predicted molar refractivity (Wildman–Crippen MR) is 74.2 cm³/mol. The minimum absolute atomic E-state index is 0.317. The lowest BCUT2D eigenvalue weighted by atomic mass is 9.69. The molecule has 1 aliphatic carbocycles. The zero-order valence-electron chi connectivity index (χ0n) is 11.3. The van der Waals surface area contributed by atoms with E-state index >= 15 is 0 Å². The van der Waals surface area contributed by atoms with E-state index in [2.05, 4.69) is 43.6 Å². The van der Waals surface area contributed by atoms with Gasteiger partial charge in [-0.2, -0.15) is 0 Å². The van der Waals surface area contributed by atoms with Gasteiger partial charge in [-0.1, -0.05) is 62.4 Å². The highest BCUT2D eigenvalue weighted by Gasteiger charge is 2.48. The van der Waals surface area contributed by atoms with Gasteiger partial charge in [0.25, 0.3) is 0 Å². The number of alkyl halides is 1. The topological polar surface area (TPSA) is 9.23 Å². The smallest absolute Gasteiger partial charge is 0.0651 e. The highest BCUT2D eigenvalue weighted by atomic mass is 79.9. The van der Waals surface area contributed by atoms with Gasteiger partial charge in [0.05, 0.1) is 12.2 Å². The number of hydrogen-bond donors (Lipinski definition) is 0. The second-order valence-corrected chi connectivity index (χ2v) is 6.91. The maximum atomic E-state index is 6.12. The molecular weight excluding hydrogens is 264 g/mol. The van der Waals surface area contributed by atoms with E-state index < -0.39 is 0 Å². The Morgan fingerprint density at radius 3 is 2.50 bits per heavy atom. The molecule has 1 rings (SSSR count). The van der Waals surface area contributed by atoms with Crippen molar-refractivity contribution >= 4 is 15.9 Å². The molecule has 0 amide bonds. The summed E-state index contributed by atoms with van der Waals surface area (Å²) in [5.74, 6) is 0. The molecule has 2 heteroatoms. The molecule has 3 atom stereocenters. The monoisotopic (exact) mass is 290 g/mol. The van der Waals surface area contributed by atoms with Crippen molar-refractivity contribution in [2.75, 3.05) is 0 Å². The third kappa shape index (κ3) is 3.73. The fraction of sp³-hybridized carbons (Fsp3) is 1.00. The summed E-state index contributed by atoms with van der Waals surface area (Å²) in [6.45, 7) is 9.07. The molecule has 3 unspecified atom stereocenters. The van der Waals surface area contributed by atoms with Gasteiger partial charge in [-0.05, 0) is 19.8 Å². The number of halogens is 1. The first-order valence-electron chi connectivity index (χ1n) is 6.78. The molecule has 0 aromatic carbocycles. The Kier molecular flexibility index (Phi) is 5.79. The van der Waals surface area contributed by atoms with Crippen LogP contribution in [0.3, 0.4) is 0 Å². The Balaban J connectivity index is 2.13. The van der Waals surface area contributed by atoms with Crippen LogP contribution in [0.15, 0.2) is 0 Å². The molecule has 0 aliphatic heterocycles. The summed E-state index contributed by atoms with van der Waals surface area (Å²) in [5.41, 5.74) is 0.317. The first-order chi connectivity index (χ1) is 7.48. The maximum absolute atomic E-state index is 6.12. The normalized spacial score (nSPS) is 29.8. The largest absolute Gasteiger partial charge is 0.375 e. The molecule has 1 saturated carbocycles. The van der Waals surface area contributed by atoms with Crippen LogP contribution in [-0.4, -0.2) is 17.0 Å². The minimum atomic E-state index is 0.317. The first kappa shape index (κ1) is 14.5. The molecular formula is C14H27BrO. The van der Waals surface area contributed by atoms with Gasteiger partial charge in [-0.3, -0.25) is 0 Å². The highest BCUT2D eigenvalue weighted by Crippen LogP contribution is 2.47. The molecule has 0 spiro atoms. The van der Waals surface area contributed by atoms with Crippen LogP contribution in [0.4, 0.5) is 0 Å². The zero-order valence-corrected chi connectivity index (χ0v) is 12.8.